The lowest BCUT2D eigenvalue weighted by Crippen LogP contribution is -2.40. The molecule has 0 saturated carbocycles. The number of ether oxygens (including phenoxy) is 2. The van der Waals surface area contributed by atoms with Gasteiger partial charge in [0.2, 0.25) is 15.9 Å². The van der Waals surface area contributed by atoms with Gasteiger partial charge in [0.15, 0.2) is 0 Å². The molecule has 7 nitrogen and oxygen atoms in total. The number of hydrogen-bond acceptors (Lipinski definition) is 6. The minimum absolute atomic E-state index is 0.0743. The normalized spacial score (nSPS) is 15.2. The minimum Gasteiger partial charge on any atom is -0.495 e. The van der Waals surface area contributed by atoms with Crippen LogP contribution in [0.3, 0.4) is 0 Å². The van der Waals surface area contributed by atoms with Gasteiger partial charge < -0.3 is 14.4 Å². The molecule has 164 valence electrons. The average molecular weight is 473 g/mol. The molecule has 1 aliphatic heterocycles. The lowest BCUT2D eigenvalue weighted by molar-refractivity contribution is -0.130. The summed E-state index contributed by atoms with van der Waals surface area (Å²) in [5.74, 6) is 0.181. The number of carbonyl (C=O) groups is 1. The molecule has 30 heavy (non-hydrogen) atoms. The molecule has 0 aliphatic carbocycles. The smallest absolute Gasteiger partial charge is 0.246 e. The number of likely N-dealkylation sites (N-methyl/N-ethyl adjacent to an activating group) is 1. The minimum atomic E-state index is -3.74. The molecule has 3 rings (SSSR count). The standard InChI is InChI=1S/C20H25ClN2O5S2/c1-3-22(14-16-5-7-19(21)29-16)20(24)13-15-4-6-17(27-2)18(12-15)30(25,26)23-8-10-28-11-9-23/h4-7,12H,3,8-11,13-14H2,1-2H3. The van der Waals surface area contributed by atoms with E-state index < -0.39 is 10.0 Å². The molecule has 0 atom stereocenters. The summed E-state index contributed by atoms with van der Waals surface area (Å²) < 4.78 is 38.9. The van der Waals surface area contributed by atoms with Crippen molar-refractivity contribution < 1.29 is 22.7 Å². The van der Waals surface area contributed by atoms with Gasteiger partial charge in [-0.15, -0.1) is 11.3 Å². The molecule has 1 aromatic heterocycles. The number of benzene rings is 1. The van der Waals surface area contributed by atoms with Crippen molar-refractivity contribution in [1.29, 1.82) is 0 Å². The summed E-state index contributed by atoms with van der Waals surface area (Å²) in [4.78, 5) is 15.7. The molecule has 0 radical (unpaired) electrons. The molecule has 2 heterocycles. The molecular weight excluding hydrogens is 448 g/mol. The average Bonchev–Trinajstić information content (AvgIpc) is 3.17. The topological polar surface area (TPSA) is 76.2 Å². The van der Waals surface area contributed by atoms with Gasteiger partial charge in [0.1, 0.15) is 10.6 Å². The predicted molar refractivity (Wildman–Crippen MR) is 117 cm³/mol. The molecule has 0 spiro atoms. The zero-order chi connectivity index (χ0) is 21.7. The van der Waals surface area contributed by atoms with Crippen LogP contribution in [0.25, 0.3) is 0 Å². The van der Waals surface area contributed by atoms with Crippen molar-refractivity contribution in [2.75, 3.05) is 40.0 Å². The quantitative estimate of drug-likeness (QED) is 0.590. The molecular formula is C20H25ClN2O5S2. The van der Waals surface area contributed by atoms with Crippen LogP contribution < -0.4 is 4.74 Å². The van der Waals surface area contributed by atoms with Gasteiger partial charge in [0.05, 0.1) is 37.6 Å². The van der Waals surface area contributed by atoms with Crippen molar-refractivity contribution in [3.8, 4) is 5.75 Å². The Kier molecular flexibility index (Phi) is 7.75. The van der Waals surface area contributed by atoms with Crippen molar-refractivity contribution >= 4 is 38.9 Å². The number of sulfonamides is 1. The number of carbonyl (C=O) groups excluding carboxylic acids is 1. The van der Waals surface area contributed by atoms with Crippen LogP contribution in [-0.4, -0.2) is 63.5 Å². The number of amides is 1. The summed E-state index contributed by atoms with van der Waals surface area (Å²) in [6.45, 7) is 4.24. The molecule has 0 bridgehead atoms. The number of morpholine rings is 1. The zero-order valence-corrected chi connectivity index (χ0v) is 19.4. The lowest BCUT2D eigenvalue weighted by atomic mass is 10.1. The van der Waals surface area contributed by atoms with Crippen LogP contribution in [0.1, 0.15) is 17.4 Å². The van der Waals surface area contributed by atoms with Gasteiger partial charge in [-0.05, 0) is 36.8 Å². The van der Waals surface area contributed by atoms with Crippen molar-refractivity contribution in [3.05, 3.63) is 45.1 Å². The number of hydrogen-bond donors (Lipinski definition) is 0. The van der Waals surface area contributed by atoms with Crippen molar-refractivity contribution in [2.24, 2.45) is 0 Å². The Morgan fingerprint density at radius 3 is 2.60 bits per heavy atom. The Morgan fingerprint density at radius 2 is 2.00 bits per heavy atom. The number of rotatable bonds is 8. The number of halogens is 1. The fourth-order valence-electron chi connectivity index (χ4n) is 3.25. The second-order valence-electron chi connectivity index (χ2n) is 6.79. The third-order valence-corrected chi connectivity index (χ3v) is 8.02. The Bertz CT molecular complexity index is 987. The van der Waals surface area contributed by atoms with E-state index in [1.807, 2.05) is 19.1 Å². The maximum absolute atomic E-state index is 13.1. The van der Waals surface area contributed by atoms with Crippen LogP contribution >= 0.6 is 22.9 Å². The third kappa shape index (κ3) is 5.33. The Balaban J connectivity index is 1.80. The SMILES string of the molecule is CCN(Cc1ccc(Cl)s1)C(=O)Cc1ccc(OC)c(S(=O)(=O)N2CCOCC2)c1. The van der Waals surface area contributed by atoms with E-state index in [-0.39, 0.29) is 23.0 Å². The van der Waals surface area contributed by atoms with Crippen molar-refractivity contribution in [3.63, 3.8) is 0 Å². The molecule has 0 N–H and O–H groups in total. The Labute approximate surface area is 186 Å². The molecule has 2 aromatic rings. The van der Waals surface area contributed by atoms with E-state index in [1.165, 1.54) is 28.8 Å². The van der Waals surface area contributed by atoms with E-state index >= 15 is 0 Å². The molecule has 1 fully saturated rings. The highest BCUT2D eigenvalue weighted by molar-refractivity contribution is 7.89. The van der Waals surface area contributed by atoms with Gasteiger partial charge >= 0.3 is 0 Å². The zero-order valence-electron chi connectivity index (χ0n) is 17.0. The van der Waals surface area contributed by atoms with Crippen LogP contribution in [0.5, 0.6) is 5.75 Å². The molecule has 1 saturated heterocycles. The van der Waals surface area contributed by atoms with Gasteiger partial charge in [0, 0.05) is 24.5 Å². The second kappa shape index (κ2) is 10.1. The van der Waals surface area contributed by atoms with Crippen LogP contribution in [0, 0.1) is 0 Å². The summed E-state index contributed by atoms with van der Waals surface area (Å²) in [5, 5.41) is 0. The molecule has 1 amide bonds. The predicted octanol–water partition coefficient (Wildman–Crippen LogP) is 3.02. The van der Waals surface area contributed by atoms with Gasteiger partial charge in [-0.2, -0.15) is 4.31 Å². The monoisotopic (exact) mass is 472 g/mol. The Morgan fingerprint density at radius 1 is 1.27 bits per heavy atom. The fourth-order valence-corrected chi connectivity index (χ4v) is 5.96. The largest absolute Gasteiger partial charge is 0.495 e. The number of thiophene rings is 1. The van der Waals surface area contributed by atoms with Crippen LogP contribution in [-0.2, 0) is 32.5 Å². The maximum atomic E-state index is 13.1. The fraction of sp³-hybridized carbons (Fsp3) is 0.450. The molecule has 0 unspecified atom stereocenters. The highest BCUT2D eigenvalue weighted by Gasteiger charge is 2.29. The highest BCUT2D eigenvalue weighted by atomic mass is 35.5. The second-order valence-corrected chi connectivity index (χ2v) is 10.5. The Hall–Kier alpha value is -1.65. The van der Waals surface area contributed by atoms with Crippen LogP contribution in [0.4, 0.5) is 0 Å². The molecule has 10 heteroatoms. The van der Waals surface area contributed by atoms with E-state index in [2.05, 4.69) is 0 Å². The summed E-state index contributed by atoms with van der Waals surface area (Å²) in [5.41, 5.74) is 0.621. The summed E-state index contributed by atoms with van der Waals surface area (Å²) in [6, 6.07) is 8.59. The van der Waals surface area contributed by atoms with E-state index in [0.29, 0.717) is 49.3 Å². The van der Waals surface area contributed by atoms with Crippen LogP contribution in [0.15, 0.2) is 35.2 Å². The van der Waals surface area contributed by atoms with E-state index in [1.54, 1.807) is 17.0 Å². The molecule has 1 aliphatic rings. The van der Waals surface area contributed by atoms with Crippen molar-refractivity contribution in [2.45, 2.75) is 24.8 Å². The summed E-state index contributed by atoms with van der Waals surface area (Å²) >= 11 is 7.43. The first-order valence-electron chi connectivity index (χ1n) is 9.62. The van der Waals surface area contributed by atoms with Crippen molar-refractivity contribution in [1.82, 2.24) is 9.21 Å². The van der Waals surface area contributed by atoms with E-state index in [9.17, 15) is 13.2 Å². The molecule has 1 aromatic carbocycles. The van der Waals surface area contributed by atoms with Gasteiger partial charge in [-0.25, -0.2) is 8.42 Å². The maximum Gasteiger partial charge on any atom is 0.246 e. The van der Waals surface area contributed by atoms with Gasteiger partial charge in [-0.1, -0.05) is 17.7 Å². The first-order valence-corrected chi connectivity index (χ1v) is 12.3. The highest BCUT2D eigenvalue weighted by Crippen LogP contribution is 2.29. The lowest BCUT2D eigenvalue weighted by Gasteiger charge is -2.27. The summed E-state index contributed by atoms with van der Waals surface area (Å²) in [7, 11) is -2.31. The van der Waals surface area contributed by atoms with E-state index in [4.69, 9.17) is 21.1 Å². The van der Waals surface area contributed by atoms with Gasteiger partial charge in [-0.3, -0.25) is 4.79 Å². The number of methoxy groups -OCH3 is 1. The van der Waals surface area contributed by atoms with Crippen LogP contribution in [0.2, 0.25) is 4.34 Å². The first kappa shape index (κ1) is 23.0. The third-order valence-electron chi connectivity index (χ3n) is 4.88. The summed E-state index contributed by atoms with van der Waals surface area (Å²) in [6.07, 6.45) is 0.0998. The van der Waals surface area contributed by atoms with Gasteiger partial charge in [0.25, 0.3) is 0 Å². The van der Waals surface area contributed by atoms with E-state index in [0.717, 1.165) is 4.88 Å². The number of nitrogens with zero attached hydrogens (tertiary/aromatic N) is 2. The first-order chi connectivity index (χ1) is 14.3.